The van der Waals surface area contributed by atoms with Crippen LogP contribution in [0.4, 0.5) is 0 Å². The van der Waals surface area contributed by atoms with Gasteiger partial charge in [-0.1, -0.05) is 63.1 Å². The second kappa shape index (κ2) is 10.1. The van der Waals surface area contributed by atoms with Crippen molar-refractivity contribution in [2.75, 3.05) is 13.2 Å². The minimum atomic E-state index is -2.45. The van der Waals surface area contributed by atoms with Crippen LogP contribution in [0.1, 0.15) is 65.2 Å². The minimum Gasteiger partial charge on any atom is -0.388 e. The lowest BCUT2D eigenvalue weighted by atomic mass is 10.2. The van der Waals surface area contributed by atoms with E-state index >= 15 is 0 Å². The van der Waals surface area contributed by atoms with E-state index in [0.29, 0.717) is 0 Å². The lowest BCUT2D eigenvalue weighted by Crippen LogP contribution is -2.48. The predicted octanol–water partition coefficient (Wildman–Crippen LogP) is 5.69. The summed E-state index contributed by atoms with van der Waals surface area (Å²) in [5, 5.41) is 2.85. The zero-order chi connectivity index (χ0) is 16.4. The van der Waals surface area contributed by atoms with E-state index in [-0.39, 0.29) is 0 Å². The van der Waals surface area contributed by atoms with Gasteiger partial charge in [-0.2, -0.15) is 0 Å². The fourth-order valence-corrected chi connectivity index (χ4v) is 6.77. The van der Waals surface area contributed by atoms with Crippen molar-refractivity contribution in [3.8, 4) is 0 Å². The molecule has 2 aliphatic rings. The molecule has 0 spiro atoms. The van der Waals surface area contributed by atoms with Crippen molar-refractivity contribution < 1.29 is 8.85 Å². The van der Waals surface area contributed by atoms with Gasteiger partial charge in [0.2, 0.25) is 0 Å². The Labute approximate surface area is 143 Å². The normalized spacial score (nSPS) is 18.0. The number of allylic oxidation sites excluding steroid dienone is 8. The van der Waals surface area contributed by atoms with E-state index in [1.807, 2.05) is 0 Å². The van der Waals surface area contributed by atoms with Gasteiger partial charge >= 0.3 is 8.56 Å². The van der Waals surface area contributed by atoms with E-state index in [0.717, 1.165) is 64.6 Å². The molecule has 2 nitrogen and oxygen atoms in total. The summed E-state index contributed by atoms with van der Waals surface area (Å²) in [4.78, 5) is 0. The maximum atomic E-state index is 6.61. The zero-order valence-electron chi connectivity index (χ0n) is 14.9. The fraction of sp³-hybridized carbons (Fsp3) is 0.600. The lowest BCUT2D eigenvalue weighted by molar-refractivity contribution is 0.176. The van der Waals surface area contributed by atoms with E-state index in [4.69, 9.17) is 8.85 Å². The summed E-state index contributed by atoms with van der Waals surface area (Å²) in [6, 6.07) is 0. The van der Waals surface area contributed by atoms with Gasteiger partial charge in [-0.3, -0.25) is 0 Å². The van der Waals surface area contributed by atoms with E-state index < -0.39 is 8.56 Å². The molecule has 0 radical (unpaired) electrons. The molecule has 0 aromatic rings. The summed E-state index contributed by atoms with van der Waals surface area (Å²) in [6.07, 6.45) is 22.3. The van der Waals surface area contributed by atoms with Crippen LogP contribution in [-0.2, 0) is 8.85 Å². The van der Waals surface area contributed by atoms with Gasteiger partial charge in [0.05, 0.1) is 0 Å². The molecular formula is C20H32O2Si. The molecule has 0 aromatic carbocycles. The van der Waals surface area contributed by atoms with Crippen LogP contribution in [-0.4, -0.2) is 21.8 Å². The Morgan fingerprint density at radius 2 is 1.30 bits per heavy atom. The Bertz CT molecular complexity index is 430. The van der Waals surface area contributed by atoms with Crippen molar-refractivity contribution in [2.24, 2.45) is 0 Å². The van der Waals surface area contributed by atoms with Crippen LogP contribution in [0.2, 0.25) is 0 Å². The van der Waals surface area contributed by atoms with Crippen molar-refractivity contribution in [1.82, 2.24) is 0 Å². The van der Waals surface area contributed by atoms with Gasteiger partial charge in [-0.05, 0) is 48.9 Å². The average Bonchev–Trinajstić information content (AvgIpc) is 2.62. The van der Waals surface area contributed by atoms with E-state index in [1.54, 1.807) is 0 Å². The van der Waals surface area contributed by atoms with Crippen molar-refractivity contribution in [2.45, 2.75) is 65.2 Å². The van der Waals surface area contributed by atoms with E-state index in [9.17, 15) is 0 Å². The first-order valence-corrected chi connectivity index (χ1v) is 11.2. The molecule has 0 amide bonds. The van der Waals surface area contributed by atoms with Crippen LogP contribution in [0.15, 0.2) is 46.8 Å². The van der Waals surface area contributed by atoms with Crippen LogP contribution in [0, 0.1) is 0 Å². The lowest BCUT2D eigenvalue weighted by Gasteiger charge is -2.36. The van der Waals surface area contributed by atoms with Crippen LogP contribution in [0.3, 0.4) is 0 Å². The maximum Gasteiger partial charge on any atom is 0.398 e. The standard InChI is InChI=1S/C20H32O2Si/c1-3-5-17-21-23(22-18-6-4-2,19-13-9-7-10-14-19)20-15-11-8-12-16-20/h7-9,11,13,15H,3-6,10,12,14,16-18H2,1-2H3. The molecule has 2 aliphatic carbocycles. The highest BCUT2D eigenvalue weighted by atomic mass is 28.4. The minimum absolute atomic E-state index is 0.816. The zero-order valence-corrected chi connectivity index (χ0v) is 15.9. The highest BCUT2D eigenvalue weighted by Crippen LogP contribution is 2.35. The SMILES string of the molecule is CCCCO[Si](OCCCC)(C1=CC=CCC1)C1=CC=CCC1. The fourth-order valence-electron chi connectivity index (χ4n) is 3.09. The molecule has 0 atom stereocenters. The highest BCUT2D eigenvalue weighted by molar-refractivity contribution is 6.82. The smallest absolute Gasteiger partial charge is 0.388 e. The van der Waals surface area contributed by atoms with Gasteiger partial charge in [0.1, 0.15) is 0 Å². The molecular weight excluding hydrogens is 300 g/mol. The third-order valence-electron chi connectivity index (χ3n) is 4.48. The number of hydrogen-bond donors (Lipinski definition) is 0. The molecule has 128 valence electrons. The molecule has 2 rings (SSSR count). The topological polar surface area (TPSA) is 18.5 Å². The largest absolute Gasteiger partial charge is 0.398 e. The predicted molar refractivity (Wildman–Crippen MR) is 100 cm³/mol. The molecule has 3 heteroatoms. The highest BCUT2D eigenvalue weighted by Gasteiger charge is 2.45. The summed E-state index contributed by atoms with van der Waals surface area (Å²) < 4.78 is 13.2. The molecule has 0 saturated carbocycles. The Morgan fingerprint density at radius 3 is 1.65 bits per heavy atom. The first kappa shape index (κ1) is 18.4. The third-order valence-corrected chi connectivity index (χ3v) is 8.23. The summed E-state index contributed by atoms with van der Waals surface area (Å²) in [5.41, 5.74) is 0. The van der Waals surface area contributed by atoms with Gasteiger partial charge in [-0.25, -0.2) is 0 Å². The molecule has 0 fully saturated rings. The Hall–Kier alpha value is -0.903. The van der Waals surface area contributed by atoms with Crippen molar-refractivity contribution in [3.63, 3.8) is 0 Å². The summed E-state index contributed by atoms with van der Waals surface area (Å²) >= 11 is 0. The van der Waals surface area contributed by atoms with Crippen molar-refractivity contribution >= 4 is 8.56 Å². The monoisotopic (exact) mass is 332 g/mol. The van der Waals surface area contributed by atoms with Crippen molar-refractivity contribution in [1.29, 1.82) is 0 Å². The molecule has 0 bridgehead atoms. The first-order chi connectivity index (χ1) is 11.3. The van der Waals surface area contributed by atoms with Crippen molar-refractivity contribution in [3.05, 3.63) is 46.8 Å². The molecule has 0 unspecified atom stereocenters. The maximum absolute atomic E-state index is 6.61. The number of rotatable bonds is 10. The summed E-state index contributed by atoms with van der Waals surface area (Å²) in [6.45, 7) is 6.07. The molecule has 0 N–H and O–H groups in total. The van der Waals surface area contributed by atoms with Crippen LogP contribution in [0.25, 0.3) is 0 Å². The average molecular weight is 333 g/mol. The van der Waals surface area contributed by atoms with Crippen LogP contribution >= 0.6 is 0 Å². The first-order valence-electron chi connectivity index (χ1n) is 9.33. The Kier molecular flexibility index (Phi) is 8.07. The Morgan fingerprint density at radius 1 is 0.826 bits per heavy atom. The van der Waals surface area contributed by atoms with Crippen LogP contribution in [0.5, 0.6) is 0 Å². The molecule has 0 aliphatic heterocycles. The van der Waals surface area contributed by atoms with Gasteiger partial charge in [0.25, 0.3) is 0 Å². The molecule has 0 heterocycles. The second-order valence-electron chi connectivity index (χ2n) is 6.34. The third kappa shape index (κ3) is 5.03. The second-order valence-corrected chi connectivity index (χ2v) is 9.43. The Balaban J connectivity index is 2.29. The molecule has 0 saturated heterocycles. The summed E-state index contributed by atoms with van der Waals surface area (Å²) in [5.74, 6) is 0. The van der Waals surface area contributed by atoms with Gasteiger partial charge in [0, 0.05) is 13.2 Å². The summed E-state index contributed by atoms with van der Waals surface area (Å²) in [7, 11) is -2.45. The van der Waals surface area contributed by atoms with Gasteiger partial charge in [-0.15, -0.1) is 0 Å². The number of hydrogen-bond acceptors (Lipinski definition) is 2. The van der Waals surface area contributed by atoms with Crippen LogP contribution < -0.4 is 0 Å². The molecule has 23 heavy (non-hydrogen) atoms. The van der Waals surface area contributed by atoms with Gasteiger partial charge < -0.3 is 8.85 Å². The quantitative estimate of drug-likeness (QED) is 0.378. The van der Waals surface area contributed by atoms with Gasteiger partial charge in [0.15, 0.2) is 0 Å². The van der Waals surface area contributed by atoms with E-state index in [2.05, 4.69) is 50.3 Å². The van der Waals surface area contributed by atoms with E-state index in [1.165, 1.54) is 10.4 Å². The molecule has 0 aromatic heterocycles. The number of unbranched alkanes of at least 4 members (excludes halogenated alkanes) is 2.